The van der Waals surface area contributed by atoms with E-state index in [-0.39, 0.29) is 10.9 Å². The predicted molar refractivity (Wildman–Crippen MR) is 111 cm³/mol. The summed E-state index contributed by atoms with van der Waals surface area (Å²) in [7, 11) is -3.57. The van der Waals surface area contributed by atoms with E-state index < -0.39 is 16.6 Å². The van der Waals surface area contributed by atoms with Crippen molar-refractivity contribution in [3.05, 3.63) is 59.9 Å². The summed E-state index contributed by atoms with van der Waals surface area (Å²) < 4.78 is 55.8. The SMILES string of the molecule is Cc1ccc(S(=O)(=O)N2CCN(C(C)c3nc4ccccc4n3C(F)F)CC2)cc1. The number of rotatable bonds is 5. The number of piperazine rings is 1. The van der Waals surface area contributed by atoms with Crippen molar-refractivity contribution < 1.29 is 17.2 Å². The van der Waals surface area contributed by atoms with Crippen LogP contribution in [0, 0.1) is 6.92 Å². The van der Waals surface area contributed by atoms with Gasteiger partial charge in [-0.05, 0) is 38.1 Å². The van der Waals surface area contributed by atoms with Crippen LogP contribution in [0.25, 0.3) is 11.0 Å². The van der Waals surface area contributed by atoms with Gasteiger partial charge in [0.15, 0.2) is 0 Å². The number of hydrogen-bond donors (Lipinski definition) is 0. The van der Waals surface area contributed by atoms with Gasteiger partial charge in [0.25, 0.3) is 0 Å². The molecule has 1 saturated heterocycles. The van der Waals surface area contributed by atoms with E-state index in [1.54, 1.807) is 48.5 Å². The Bertz CT molecular complexity index is 1140. The van der Waals surface area contributed by atoms with E-state index >= 15 is 0 Å². The van der Waals surface area contributed by atoms with Crippen LogP contribution in [0.5, 0.6) is 0 Å². The van der Waals surface area contributed by atoms with Crippen molar-refractivity contribution in [1.82, 2.24) is 18.8 Å². The molecule has 2 heterocycles. The number of aryl methyl sites for hydroxylation is 1. The number of benzene rings is 2. The molecular formula is C21H24F2N4O2S. The molecule has 3 aromatic rings. The molecule has 1 aliphatic rings. The molecule has 1 aliphatic heterocycles. The van der Waals surface area contributed by atoms with Gasteiger partial charge in [-0.15, -0.1) is 0 Å². The molecule has 0 amide bonds. The average molecular weight is 435 g/mol. The number of alkyl halides is 2. The Morgan fingerprint density at radius 2 is 1.60 bits per heavy atom. The summed E-state index contributed by atoms with van der Waals surface area (Å²) in [5.41, 5.74) is 1.92. The third-order valence-corrected chi connectivity index (χ3v) is 7.58. The first-order chi connectivity index (χ1) is 14.3. The van der Waals surface area contributed by atoms with E-state index in [0.29, 0.717) is 43.0 Å². The number of halogens is 2. The fourth-order valence-electron chi connectivity index (χ4n) is 3.92. The predicted octanol–water partition coefficient (Wildman–Crippen LogP) is 3.81. The lowest BCUT2D eigenvalue weighted by Gasteiger charge is -2.37. The standard InChI is InChI=1S/C21H24F2N4O2S/c1-15-7-9-17(10-8-15)30(28,29)26-13-11-25(12-14-26)16(2)20-24-18-5-3-4-6-19(18)27(20)21(22)23/h3-10,16,21H,11-14H2,1-2H3. The van der Waals surface area contributed by atoms with Crippen LogP contribution in [0.15, 0.2) is 53.4 Å². The summed E-state index contributed by atoms with van der Waals surface area (Å²) in [6.45, 7) is 2.54. The summed E-state index contributed by atoms with van der Waals surface area (Å²) in [5, 5.41) is 0. The summed E-state index contributed by atoms with van der Waals surface area (Å²) in [5.74, 6) is 0.293. The lowest BCUT2D eigenvalue weighted by atomic mass is 10.2. The molecule has 4 rings (SSSR count). The van der Waals surface area contributed by atoms with Crippen LogP contribution >= 0.6 is 0 Å². The topological polar surface area (TPSA) is 58.4 Å². The Morgan fingerprint density at radius 3 is 2.23 bits per heavy atom. The lowest BCUT2D eigenvalue weighted by Crippen LogP contribution is -2.49. The molecule has 2 aromatic carbocycles. The zero-order valence-electron chi connectivity index (χ0n) is 16.9. The quantitative estimate of drug-likeness (QED) is 0.613. The van der Waals surface area contributed by atoms with Gasteiger partial charge in [-0.1, -0.05) is 29.8 Å². The largest absolute Gasteiger partial charge is 0.320 e. The van der Waals surface area contributed by atoms with Gasteiger partial charge in [0.05, 0.1) is 22.0 Å². The average Bonchev–Trinajstić information content (AvgIpc) is 3.13. The highest BCUT2D eigenvalue weighted by Gasteiger charge is 2.32. The molecule has 1 unspecified atom stereocenters. The zero-order valence-corrected chi connectivity index (χ0v) is 17.7. The highest BCUT2D eigenvalue weighted by molar-refractivity contribution is 7.89. The number of aromatic nitrogens is 2. The van der Waals surface area contributed by atoms with Gasteiger partial charge in [-0.3, -0.25) is 9.47 Å². The number of para-hydroxylation sites is 2. The second-order valence-corrected chi connectivity index (χ2v) is 9.47. The van der Waals surface area contributed by atoms with E-state index in [4.69, 9.17) is 0 Å². The summed E-state index contributed by atoms with van der Waals surface area (Å²) >= 11 is 0. The van der Waals surface area contributed by atoms with Gasteiger partial charge in [-0.2, -0.15) is 13.1 Å². The molecule has 1 atom stereocenters. The molecule has 1 fully saturated rings. The van der Waals surface area contributed by atoms with Crippen LogP contribution < -0.4 is 0 Å². The monoisotopic (exact) mass is 434 g/mol. The van der Waals surface area contributed by atoms with E-state index in [2.05, 4.69) is 4.98 Å². The maximum atomic E-state index is 13.8. The maximum Gasteiger partial charge on any atom is 0.320 e. The van der Waals surface area contributed by atoms with Crippen molar-refractivity contribution in [2.24, 2.45) is 0 Å². The highest BCUT2D eigenvalue weighted by atomic mass is 32.2. The minimum Gasteiger partial charge on any atom is -0.291 e. The maximum absolute atomic E-state index is 13.8. The second kappa shape index (κ2) is 8.05. The first-order valence-electron chi connectivity index (χ1n) is 9.85. The van der Waals surface area contributed by atoms with Crippen molar-refractivity contribution in [3.63, 3.8) is 0 Å². The van der Waals surface area contributed by atoms with Crippen LogP contribution in [0.3, 0.4) is 0 Å². The van der Waals surface area contributed by atoms with Crippen LogP contribution in [0.2, 0.25) is 0 Å². The van der Waals surface area contributed by atoms with E-state index in [9.17, 15) is 17.2 Å². The molecular weight excluding hydrogens is 410 g/mol. The molecule has 30 heavy (non-hydrogen) atoms. The minimum absolute atomic E-state index is 0.272. The van der Waals surface area contributed by atoms with Gasteiger partial charge in [-0.25, -0.2) is 13.4 Å². The first-order valence-corrected chi connectivity index (χ1v) is 11.3. The van der Waals surface area contributed by atoms with Crippen molar-refractivity contribution in [3.8, 4) is 0 Å². The van der Waals surface area contributed by atoms with E-state index in [1.807, 2.05) is 18.7 Å². The molecule has 0 bridgehead atoms. The number of sulfonamides is 1. The van der Waals surface area contributed by atoms with Gasteiger partial charge in [0, 0.05) is 26.2 Å². The Morgan fingerprint density at radius 1 is 0.967 bits per heavy atom. The number of fused-ring (bicyclic) bond motifs is 1. The normalized spacial score (nSPS) is 17.6. The Labute approximate surface area is 174 Å². The number of hydrogen-bond acceptors (Lipinski definition) is 4. The van der Waals surface area contributed by atoms with Crippen molar-refractivity contribution in [2.45, 2.75) is 31.3 Å². The molecule has 0 N–H and O–H groups in total. The summed E-state index contributed by atoms with van der Waals surface area (Å²) in [6, 6.07) is 13.3. The third-order valence-electron chi connectivity index (χ3n) is 5.67. The fourth-order valence-corrected chi connectivity index (χ4v) is 5.34. The number of nitrogens with zero attached hydrogens (tertiary/aromatic N) is 4. The molecule has 1 aromatic heterocycles. The van der Waals surface area contributed by atoms with Gasteiger partial charge in [0.1, 0.15) is 5.82 Å². The van der Waals surface area contributed by atoms with E-state index in [1.165, 1.54) is 4.31 Å². The van der Waals surface area contributed by atoms with Crippen LogP contribution in [0.1, 0.15) is 30.9 Å². The Hall–Kier alpha value is -2.36. The van der Waals surface area contributed by atoms with Crippen molar-refractivity contribution >= 4 is 21.1 Å². The Kier molecular flexibility index (Phi) is 5.61. The molecule has 0 aliphatic carbocycles. The smallest absolute Gasteiger partial charge is 0.291 e. The zero-order chi connectivity index (χ0) is 21.5. The van der Waals surface area contributed by atoms with E-state index in [0.717, 1.165) is 10.1 Å². The van der Waals surface area contributed by atoms with Gasteiger partial charge < -0.3 is 0 Å². The molecule has 160 valence electrons. The van der Waals surface area contributed by atoms with Crippen LogP contribution in [-0.4, -0.2) is 53.4 Å². The number of imidazole rings is 1. The van der Waals surface area contributed by atoms with Gasteiger partial charge in [0.2, 0.25) is 10.0 Å². The fraction of sp³-hybridized carbons (Fsp3) is 0.381. The highest BCUT2D eigenvalue weighted by Crippen LogP contribution is 2.30. The lowest BCUT2D eigenvalue weighted by molar-refractivity contribution is 0.0616. The molecule has 0 saturated carbocycles. The molecule has 9 heteroatoms. The Balaban J connectivity index is 1.53. The first kappa shape index (κ1) is 20.9. The minimum atomic E-state index is -3.57. The molecule has 0 spiro atoms. The van der Waals surface area contributed by atoms with Crippen LogP contribution in [0.4, 0.5) is 8.78 Å². The van der Waals surface area contributed by atoms with Crippen LogP contribution in [-0.2, 0) is 10.0 Å². The second-order valence-electron chi connectivity index (χ2n) is 7.54. The summed E-state index contributed by atoms with van der Waals surface area (Å²) in [6.07, 6.45) is 0. The summed E-state index contributed by atoms with van der Waals surface area (Å²) in [4.78, 5) is 6.72. The van der Waals surface area contributed by atoms with Gasteiger partial charge >= 0.3 is 6.55 Å². The molecule has 6 nitrogen and oxygen atoms in total. The molecule has 0 radical (unpaired) electrons. The third kappa shape index (κ3) is 3.73. The van der Waals surface area contributed by atoms with Crippen molar-refractivity contribution in [1.29, 1.82) is 0 Å². The van der Waals surface area contributed by atoms with Crippen molar-refractivity contribution in [2.75, 3.05) is 26.2 Å².